The summed E-state index contributed by atoms with van der Waals surface area (Å²) < 4.78 is 1.64. The smallest absolute Gasteiger partial charge is 0.164 e. The number of nitroso groups, excluding NO2 is 1. The molecule has 0 amide bonds. The minimum Gasteiger partial charge on any atom is -0.261 e. The zero-order chi connectivity index (χ0) is 12.5. The molecule has 0 saturated heterocycles. The first kappa shape index (κ1) is 10.7. The van der Waals surface area contributed by atoms with E-state index in [1.165, 1.54) is 6.20 Å². The molecule has 3 rings (SSSR count). The molecule has 0 aliphatic heterocycles. The van der Waals surface area contributed by atoms with E-state index in [2.05, 4.69) is 25.2 Å². The summed E-state index contributed by atoms with van der Waals surface area (Å²) in [4.78, 5) is 22.5. The van der Waals surface area contributed by atoms with E-state index < -0.39 is 0 Å². The van der Waals surface area contributed by atoms with Gasteiger partial charge in [0.2, 0.25) is 0 Å². The third kappa shape index (κ3) is 1.61. The Morgan fingerprint density at radius 3 is 2.94 bits per heavy atom. The van der Waals surface area contributed by atoms with Crippen LogP contribution in [0.2, 0.25) is 5.15 Å². The molecule has 3 aromatic rings. The molecular formula is C10H5ClN6O. The summed E-state index contributed by atoms with van der Waals surface area (Å²) in [7, 11) is 0. The summed E-state index contributed by atoms with van der Waals surface area (Å²) in [6, 6.07) is 0. The maximum atomic E-state index is 10.4. The topological polar surface area (TPSA) is 85.4 Å². The van der Waals surface area contributed by atoms with Crippen molar-refractivity contribution in [2.45, 2.75) is 0 Å². The van der Waals surface area contributed by atoms with Crippen LogP contribution >= 0.6 is 11.6 Å². The fourth-order valence-corrected chi connectivity index (χ4v) is 1.72. The van der Waals surface area contributed by atoms with Gasteiger partial charge in [-0.15, -0.1) is 4.91 Å². The van der Waals surface area contributed by atoms with Crippen molar-refractivity contribution in [2.75, 3.05) is 0 Å². The lowest BCUT2D eigenvalue weighted by molar-refractivity contribution is 0.946. The summed E-state index contributed by atoms with van der Waals surface area (Å²) >= 11 is 5.81. The van der Waals surface area contributed by atoms with Crippen molar-refractivity contribution in [1.29, 1.82) is 0 Å². The highest BCUT2D eigenvalue weighted by Gasteiger charge is 2.12. The minimum absolute atomic E-state index is 0.00927. The van der Waals surface area contributed by atoms with Gasteiger partial charge in [-0.25, -0.2) is 14.5 Å². The highest BCUT2D eigenvalue weighted by atomic mass is 35.5. The van der Waals surface area contributed by atoms with Gasteiger partial charge in [-0.3, -0.25) is 4.98 Å². The van der Waals surface area contributed by atoms with Crippen molar-refractivity contribution < 1.29 is 0 Å². The molecule has 0 aromatic carbocycles. The van der Waals surface area contributed by atoms with E-state index in [0.717, 1.165) is 5.52 Å². The van der Waals surface area contributed by atoms with E-state index in [1.807, 2.05) is 0 Å². The molecule has 0 N–H and O–H groups in total. The highest BCUT2D eigenvalue weighted by Crippen LogP contribution is 2.26. The molecule has 0 spiro atoms. The molecule has 0 aliphatic carbocycles. The second-order valence-electron chi connectivity index (χ2n) is 3.43. The molecule has 0 aliphatic rings. The van der Waals surface area contributed by atoms with Crippen molar-refractivity contribution in [2.24, 2.45) is 5.18 Å². The first-order valence-electron chi connectivity index (χ1n) is 4.93. The molecule has 88 valence electrons. The van der Waals surface area contributed by atoms with Crippen LogP contribution in [0.3, 0.4) is 0 Å². The molecule has 7 nitrogen and oxygen atoms in total. The second kappa shape index (κ2) is 4.11. The monoisotopic (exact) mass is 260 g/mol. The molecule has 8 heteroatoms. The van der Waals surface area contributed by atoms with Crippen LogP contribution in [0.4, 0.5) is 5.69 Å². The van der Waals surface area contributed by atoms with Crippen LogP contribution in [-0.4, -0.2) is 24.6 Å². The molecular weight excluding hydrogens is 256 g/mol. The Hall–Kier alpha value is -2.41. The first-order valence-corrected chi connectivity index (χ1v) is 5.31. The summed E-state index contributed by atoms with van der Waals surface area (Å²) in [5, 5.41) is 6.86. The van der Waals surface area contributed by atoms with Crippen LogP contribution in [0.15, 0.2) is 36.2 Å². The van der Waals surface area contributed by atoms with Gasteiger partial charge >= 0.3 is 0 Å². The Kier molecular flexibility index (Phi) is 2.45. The van der Waals surface area contributed by atoms with E-state index in [9.17, 15) is 4.91 Å². The Balaban J connectivity index is 2.20. The predicted octanol–water partition coefficient (Wildman–Crippen LogP) is 2.24. The molecule has 3 heterocycles. The number of halogens is 1. The van der Waals surface area contributed by atoms with E-state index >= 15 is 0 Å². The van der Waals surface area contributed by atoms with E-state index in [0.29, 0.717) is 11.4 Å². The van der Waals surface area contributed by atoms with Gasteiger partial charge in [-0.2, -0.15) is 5.10 Å². The molecule has 0 fully saturated rings. The van der Waals surface area contributed by atoms with E-state index in [1.54, 1.807) is 29.3 Å². The van der Waals surface area contributed by atoms with Gasteiger partial charge in [0.15, 0.2) is 16.7 Å². The number of rotatable bonds is 2. The average molecular weight is 261 g/mol. The van der Waals surface area contributed by atoms with Gasteiger partial charge in [0.25, 0.3) is 0 Å². The maximum Gasteiger partial charge on any atom is 0.164 e. The van der Waals surface area contributed by atoms with Crippen LogP contribution in [-0.2, 0) is 0 Å². The van der Waals surface area contributed by atoms with Gasteiger partial charge < -0.3 is 0 Å². The quantitative estimate of drug-likeness (QED) is 0.521. The van der Waals surface area contributed by atoms with Gasteiger partial charge in [-0.05, 0) is 5.18 Å². The standard InChI is InChI=1S/C10H5ClN6O/c11-9-7(16-18)4-13-10(15-9)6-3-14-17-2-1-12-5-8(6)17/h1-5H. The molecule has 18 heavy (non-hydrogen) atoms. The number of nitrogens with zero attached hydrogens (tertiary/aromatic N) is 6. The van der Waals surface area contributed by atoms with Gasteiger partial charge in [0, 0.05) is 12.4 Å². The van der Waals surface area contributed by atoms with E-state index in [4.69, 9.17) is 11.6 Å². The van der Waals surface area contributed by atoms with Crippen molar-refractivity contribution in [3.8, 4) is 11.4 Å². The highest BCUT2D eigenvalue weighted by molar-refractivity contribution is 6.31. The largest absolute Gasteiger partial charge is 0.261 e. The van der Waals surface area contributed by atoms with Crippen LogP contribution in [0, 0.1) is 4.91 Å². The third-order valence-corrected chi connectivity index (χ3v) is 2.67. The zero-order valence-electron chi connectivity index (χ0n) is 8.86. The number of fused-ring (bicyclic) bond motifs is 1. The fourth-order valence-electron chi connectivity index (χ4n) is 1.55. The SMILES string of the molecule is O=Nc1cnc(-c2cnn3ccncc23)nc1Cl. The summed E-state index contributed by atoms with van der Waals surface area (Å²) in [6.45, 7) is 0. The van der Waals surface area contributed by atoms with Crippen LogP contribution in [0.5, 0.6) is 0 Å². The Bertz CT molecular complexity index is 740. The van der Waals surface area contributed by atoms with Crippen molar-refractivity contribution in [1.82, 2.24) is 24.6 Å². The minimum atomic E-state index is 0.00927. The van der Waals surface area contributed by atoms with Gasteiger partial charge in [0.05, 0.1) is 29.7 Å². The Morgan fingerprint density at radius 2 is 2.17 bits per heavy atom. The predicted molar refractivity (Wildman–Crippen MR) is 64.5 cm³/mol. The number of aromatic nitrogens is 5. The van der Waals surface area contributed by atoms with Gasteiger partial charge in [0.1, 0.15) is 0 Å². The zero-order valence-corrected chi connectivity index (χ0v) is 9.61. The summed E-state index contributed by atoms with van der Waals surface area (Å²) in [5.41, 5.74) is 1.44. The van der Waals surface area contributed by atoms with Crippen LogP contribution in [0.1, 0.15) is 0 Å². The molecule has 0 atom stereocenters. The third-order valence-electron chi connectivity index (χ3n) is 2.39. The van der Waals surface area contributed by atoms with Crippen molar-refractivity contribution >= 4 is 22.8 Å². The summed E-state index contributed by atoms with van der Waals surface area (Å²) in [5.74, 6) is 0.371. The average Bonchev–Trinajstić information content (AvgIpc) is 2.82. The lowest BCUT2D eigenvalue weighted by atomic mass is 10.3. The number of hydrogen-bond donors (Lipinski definition) is 0. The van der Waals surface area contributed by atoms with Crippen LogP contribution < -0.4 is 0 Å². The molecule has 0 radical (unpaired) electrons. The normalized spacial score (nSPS) is 10.7. The maximum absolute atomic E-state index is 10.4. The molecule has 0 unspecified atom stereocenters. The van der Waals surface area contributed by atoms with E-state index in [-0.39, 0.29) is 10.8 Å². The fraction of sp³-hybridized carbons (Fsp3) is 0. The molecule has 0 saturated carbocycles. The Morgan fingerprint density at radius 1 is 1.28 bits per heavy atom. The number of hydrogen-bond acceptors (Lipinski definition) is 6. The Labute approximate surface area is 105 Å². The lowest BCUT2D eigenvalue weighted by Crippen LogP contribution is -1.90. The van der Waals surface area contributed by atoms with Crippen LogP contribution in [0.25, 0.3) is 16.9 Å². The first-order chi connectivity index (χ1) is 8.79. The summed E-state index contributed by atoms with van der Waals surface area (Å²) in [6.07, 6.45) is 7.86. The van der Waals surface area contributed by atoms with Crippen molar-refractivity contribution in [3.63, 3.8) is 0 Å². The van der Waals surface area contributed by atoms with Crippen molar-refractivity contribution in [3.05, 3.63) is 41.0 Å². The molecule has 3 aromatic heterocycles. The lowest BCUT2D eigenvalue weighted by Gasteiger charge is -1.99. The second-order valence-corrected chi connectivity index (χ2v) is 3.78. The molecule has 0 bridgehead atoms. The van der Waals surface area contributed by atoms with Gasteiger partial charge in [-0.1, -0.05) is 11.6 Å².